The van der Waals surface area contributed by atoms with E-state index in [9.17, 15) is 0 Å². The molecular weight excluding hydrogens is 380 g/mol. The van der Waals surface area contributed by atoms with Crippen molar-refractivity contribution >= 4 is 0 Å². The summed E-state index contributed by atoms with van der Waals surface area (Å²) >= 11 is 0. The molecule has 0 unspecified atom stereocenters. The molecular formula is C23H26N4O3. The highest BCUT2D eigenvalue weighted by Gasteiger charge is 2.26. The van der Waals surface area contributed by atoms with E-state index >= 15 is 0 Å². The molecule has 0 radical (unpaired) electrons. The molecule has 156 valence electrons. The topological polar surface area (TPSA) is 63.9 Å². The maximum Gasteiger partial charge on any atom is 0.247 e. The SMILES string of the molecule is Cc1cccc(-c2nnc([C@H](C)N3CCN(Cc4ccc5c(c4)OCO5)CC3)o2)c1. The van der Waals surface area contributed by atoms with Crippen molar-refractivity contribution in [2.45, 2.75) is 26.4 Å². The maximum absolute atomic E-state index is 6.00. The average molecular weight is 406 g/mol. The first-order valence-corrected chi connectivity index (χ1v) is 10.4. The van der Waals surface area contributed by atoms with Gasteiger partial charge in [-0.15, -0.1) is 10.2 Å². The molecule has 7 heteroatoms. The van der Waals surface area contributed by atoms with Crippen LogP contribution in [0.15, 0.2) is 46.9 Å². The van der Waals surface area contributed by atoms with Crippen LogP contribution in [0.25, 0.3) is 11.5 Å². The van der Waals surface area contributed by atoms with Crippen molar-refractivity contribution in [1.82, 2.24) is 20.0 Å². The minimum absolute atomic E-state index is 0.101. The number of piperazine rings is 1. The Morgan fingerprint density at radius 2 is 1.80 bits per heavy atom. The smallest absolute Gasteiger partial charge is 0.247 e. The Morgan fingerprint density at radius 3 is 2.63 bits per heavy atom. The molecule has 2 aliphatic heterocycles. The highest BCUT2D eigenvalue weighted by Crippen LogP contribution is 2.33. The first-order chi connectivity index (χ1) is 14.7. The Balaban J connectivity index is 1.18. The number of benzene rings is 2. The van der Waals surface area contributed by atoms with E-state index in [0.29, 0.717) is 18.6 Å². The lowest BCUT2D eigenvalue weighted by molar-refractivity contribution is 0.0875. The standard InChI is InChI=1S/C23H26N4O3/c1-16-4-3-5-19(12-16)23-25-24-22(30-23)17(2)27-10-8-26(9-11-27)14-18-6-7-20-21(13-18)29-15-28-20/h3-7,12-13,17H,8-11,14-15H2,1-2H3/t17-/m0/s1. The molecule has 1 aromatic heterocycles. The third kappa shape index (κ3) is 3.91. The summed E-state index contributed by atoms with van der Waals surface area (Å²) < 4.78 is 16.9. The van der Waals surface area contributed by atoms with Crippen LogP contribution in [-0.4, -0.2) is 53.0 Å². The Hall–Kier alpha value is -2.90. The minimum Gasteiger partial charge on any atom is -0.454 e. The van der Waals surface area contributed by atoms with E-state index in [1.807, 2.05) is 18.2 Å². The van der Waals surface area contributed by atoms with Gasteiger partial charge < -0.3 is 13.9 Å². The van der Waals surface area contributed by atoms with E-state index in [-0.39, 0.29) is 6.04 Å². The molecule has 0 N–H and O–H groups in total. The van der Waals surface area contributed by atoms with Gasteiger partial charge in [0.2, 0.25) is 18.6 Å². The van der Waals surface area contributed by atoms with Gasteiger partial charge in [-0.25, -0.2) is 0 Å². The van der Waals surface area contributed by atoms with Gasteiger partial charge in [-0.2, -0.15) is 0 Å². The van der Waals surface area contributed by atoms with Crippen LogP contribution >= 0.6 is 0 Å². The van der Waals surface area contributed by atoms with Crippen LogP contribution in [0, 0.1) is 6.92 Å². The number of nitrogens with zero attached hydrogens (tertiary/aromatic N) is 4. The van der Waals surface area contributed by atoms with E-state index in [1.165, 1.54) is 11.1 Å². The average Bonchev–Trinajstić information content (AvgIpc) is 3.43. The molecule has 2 aliphatic rings. The lowest BCUT2D eigenvalue weighted by Crippen LogP contribution is -2.46. The van der Waals surface area contributed by atoms with Gasteiger partial charge in [0.1, 0.15) is 0 Å². The molecule has 3 aromatic rings. The number of ether oxygens (including phenoxy) is 2. The predicted octanol–water partition coefficient (Wildman–Crippen LogP) is 3.65. The zero-order valence-corrected chi connectivity index (χ0v) is 17.4. The molecule has 7 nitrogen and oxygen atoms in total. The number of aromatic nitrogens is 2. The van der Waals surface area contributed by atoms with Crippen LogP contribution in [0.1, 0.15) is 30.0 Å². The number of fused-ring (bicyclic) bond motifs is 1. The summed E-state index contributed by atoms with van der Waals surface area (Å²) in [5.74, 6) is 2.94. The zero-order chi connectivity index (χ0) is 20.5. The molecule has 3 heterocycles. The Morgan fingerprint density at radius 1 is 0.967 bits per heavy atom. The van der Waals surface area contributed by atoms with Crippen LogP contribution in [0.2, 0.25) is 0 Å². The van der Waals surface area contributed by atoms with Gasteiger partial charge in [-0.1, -0.05) is 23.8 Å². The zero-order valence-electron chi connectivity index (χ0n) is 17.4. The fraction of sp³-hybridized carbons (Fsp3) is 0.391. The molecule has 5 rings (SSSR count). The second-order valence-corrected chi connectivity index (χ2v) is 7.99. The normalized spacial score (nSPS) is 17.9. The third-order valence-corrected chi connectivity index (χ3v) is 5.86. The summed E-state index contributed by atoms with van der Waals surface area (Å²) in [5, 5.41) is 8.59. The number of rotatable bonds is 5. The van der Waals surface area contributed by atoms with E-state index in [1.54, 1.807) is 0 Å². The summed E-state index contributed by atoms with van der Waals surface area (Å²) in [6, 6.07) is 14.4. The summed E-state index contributed by atoms with van der Waals surface area (Å²) in [5.41, 5.74) is 3.40. The molecule has 1 atom stereocenters. The van der Waals surface area contributed by atoms with Gasteiger partial charge in [0.15, 0.2) is 11.5 Å². The van der Waals surface area contributed by atoms with Crippen molar-refractivity contribution in [3.63, 3.8) is 0 Å². The van der Waals surface area contributed by atoms with E-state index in [0.717, 1.165) is 49.8 Å². The van der Waals surface area contributed by atoms with Gasteiger partial charge in [-0.3, -0.25) is 9.80 Å². The lowest BCUT2D eigenvalue weighted by atomic mass is 10.1. The van der Waals surface area contributed by atoms with Crippen LogP contribution in [0.3, 0.4) is 0 Å². The quantitative estimate of drug-likeness (QED) is 0.641. The molecule has 1 saturated heterocycles. The molecule has 0 spiro atoms. The number of hydrogen-bond donors (Lipinski definition) is 0. The van der Waals surface area contributed by atoms with E-state index in [4.69, 9.17) is 13.9 Å². The molecule has 0 aliphatic carbocycles. The van der Waals surface area contributed by atoms with Gasteiger partial charge in [-0.05, 0) is 43.7 Å². The van der Waals surface area contributed by atoms with Crippen LogP contribution < -0.4 is 9.47 Å². The van der Waals surface area contributed by atoms with Crippen molar-refractivity contribution in [2.75, 3.05) is 33.0 Å². The monoisotopic (exact) mass is 406 g/mol. The second-order valence-electron chi connectivity index (χ2n) is 7.99. The summed E-state index contributed by atoms with van der Waals surface area (Å²) in [4.78, 5) is 4.87. The van der Waals surface area contributed by atoms with Crippen molar-refractivity contribution < 1.29 is 13.9 Å². The minimum atomic E-state index is 0.101. The highest BCUT2D eigenvalue weighted by molar-refractivity contribution is 5.53. The fourth-order valence-corrected chi connectivity index (χ4v) is 4.06. The van der Waals surface area contributed by atoms with Gasteiger partial charge in [0.25, 0.3) is 0 Å². The van der Waals surface area contributed by atoms with Gasteiger partial charge >= 0.3 is 0 Å². The van der Waals surface area contributed by atoms with Gasteiger partial charge in [0.05, 0.1) is 6.04 Å². The van der Waals surface area contributed by atoms with Crippen LogP contribution in [0.4, 0.5) is 0 Å². The van der Waals surface area contributed by atoms with Crippen LogP contribution in [0.5, 0.6) is 11.5 Å². The first-order valence-electron chi connectivity index (χ1n) is 10.4. The highest BCUT2D eigenvalue weighted by atomic mass is 16.7. The fourth-order valence-electron chi connectivity index (χ4n) is 4.06. The predicted molar refractivity (Wildman–Crippen MR) is 112 cm³/mol. The van der Waals surface area contributed by atoms with Crippen molar-refractivity contribution in [3.05, 3.63) is 59.5 Å². The third-order valence-electron chi connectivity index (χ3n) is 5.86. The molecule has 0 saturated carbocycles. The largest absolute Gasteiger partial charge is 0.454 e. The number of hydrogen-bond acceptors (Lipinski definition) is 7. The molecule has 1 fully saturated rings. The van der Waals surface area contributed by atoms with Crippen molar-refractivity contribution in [3.8, 4) is 23.0 Å². The maximum atomic E-state index is 6.00. The van der Waals surface area contributed by atoms with Crippen LogP contribution in [-0.2, 0) is 6.54 Å². The van der Waals surface area contributed by atoms with Gasteiger partial charge in [0, 0.05) is 38.3 Å². The van der Waals surface area contributed by atoms with Crippen molar-refractivity contribution in [2.24, 2.45) is 0 Å². The summed E-state index contributed by atoms with van der Waals surface area (Å²) in [6.07, 6.45) is 0. The van der Waals surface area contributed by atoms with E-state index in [2.05, 4.69) is 58.1 Å². The summed E-state index contributed by atoms with van der Waals surface area (Å²) in [7, 11) is 0. The first kappa shape index (κ1) is 19.1. The summed E-state index contributed by atoms with van der Waals surface area (Å²) in [6.45, 7) is 9.36. The second kappa shape index (κ2) is 8.08. The molecule has 2 aromatic carbocycles. The Labute approximate surface area is 176 Å². The van der Waals surface area contributed by atoms with Crippen molar-refractivity contribution in [1.29, 1.82) is 0 Å². The Bertz CT molecular complexity index is 1030. The lowest BCUT2D eigenvalue weighted by Gasteiger charge is -2.36. The Kier molecular flexibility index (Phi) is 5.14. The molecule has 30 heavy (non-hydrogen) atoms. The van der Waals surface area contributed by atoms with E-state index < -0.39 is 0 Å². The number of aryl methyl sites for hydroxylation is 1. The molecule has 0 bridgehead atoms. The molecule has 0 amide bonds.